The number of aromatic nitrogens is 1. The number of methoxy groups -OCH3 is 1. The number of anilines is 1. The maximum Gasteiger partial charge on any atom is 0.339 e. The minimum Gasteiger partial charge on any atom is -0.493 e. The number of rotatable bonds is 7. The first-order valence-corrected chi connectivity index (χ1v) is 8.66. The molecule has 1 heterocycles. The number of carbonyl (C=O) groups is 2. The number of nitrogens with zero attached hydrogens (tertiary/aromatic N) is 1. The third-order valence-electron chi connectivity index (χ3n) is 3.39. The normalized spacial score (nSPS) is 11.6. The lowest BCUT2D eigenvalue weighted by Crippen LogP contribution is -2.30. The molecule has 1 aromatic heterocycles. The molecular formula is C19H21ClN2O5. The molecule has 0 saturated heterocycles. The number of hydrogen-bond acceptors (Lipinski definition) is 6. The summed E-state index contributed by atoms with van der Waals surface area (Å²) in [6.07, 6.45) is 0.343. The van der Waals surface area contributed by atoms with E-state index in [-0.39, 0.29) is 11.7 Å². The maximum atomic E-state index is 12.3. The second kappa shape index (κ2) is 9.23. The van der Waals surface area contributed by atoms with Crippen molar-refractivity contribution in [3.63, 3.8) is 0 Å². The highest BCUT2D eigenvalue weighted by atomic mass is 35.5. The van der Waals surface area contributed by atoms with Crippen molar-refractivity contribution in [3.8, 4) is 11.5 Å². The van der Waals surface area contributed by atoms with Gasteiger partial charge in [0.05, 0.1) is 23.8 Å². The Bertz CT molecular complexity index is 808. The van der Waals surface area contributed by atoms with Crippen LogP contribution in [0.15, 0.2) is 36.5 Å². The smallest absolute Gasteiger partial charge is 0.339 e. The summed E-state index contributed by atoms with van der Waals surface area (Å²) >= 11 is 5.75. The number of amides is 1. The van der Waals surface area contributed by atoms with Crippen molar-refractivity contribution >= 4 is 29.3 Å². The minimum atomic E-state index is -1.02. The molecule has 0 radical (unpaired) electrons. The Kier molecular flexibility index (Phi) is 7.01. The Morgan fingerprint density at radius 2 is 1.85 bits per heavy atom. The first-order valence-electron chi connectivity index (χ1n) is 8.28. The molecule has 0 bridgehead atoms. The fraction of sp³-hybridized carbons (Fsp3) is 0.316. The fourth-order valence-electron chi connectivity index (χ4n) is 2.11. The average Bonchev–Trinajstić information content (AvgIpc) is 2.63. The topological polar surface area (TPSA) is 86.8 Å². The molecule has 1 amide bonds. The van der Waals surface area contributed by atoms with Crippen LogP contribution in [-0.2, 0) is 9.53 Å². The number of halogens is 1. The molecule has 0 aliphatic carbocycles. The summed E-state index contributed by atoms with van der Waals surface area (Å²) in [7, 11) is 1.48. The zero-order valence-electron chi connectivity index (χ0n) is 15.5. The first-order chi connectivity index (χ1) is 12.8. The summed E-state index contributed by atoms with van der Waals surface area (Å²) in [5.74, 6) is 0.0643. The van der Waals surface area contributed by atoms with Crippen molar-refractivity contribution < 1.29 is 23.8 Å². The second-order valence-corrected chi connectivity index (χ2v) is 6.37. The van der Waals surface area contributed by atoms with Crippen molar-refractivity contribution in [2.24, 2.45) is 0 Å². The van der Waals surface area contributed by atoms with Crippen molar-refractivity contribution in [1.29, 1.82) is 0 Å². The molecular weight excluding hydrogens is 372 g/mol. The quantitative estimate of drug-likeness (QED) is 0.723. The number of esters is 1. The van der Waals surface area contributed by atoms with E-state index in [9.17, 15) is 9.59 Å². The highest BCUT2D eigenvalue weighted by Gasteiger charge is 2.20. The van der Waals surface area contributed by atoms with Gasteiger partial charge in [-0.2, -0.15) is 0 Å². The lowest BCUT2D eigenvalue weighted by molar-refractivity contribution is -0.123. The summed E-state index contributed by atoms with van der Waals surface area (Å²) in [4.78, 5) is 28.4. The Morgan fingerprint density at radius 1 is 1.11 bits per heavy atom. The van der Waals surface area contributed by atoms with E-state index in [1.807, 2.05) is 13.8 Å². The molecule has 8 heteroatoms. The van der Waals surface area contributed by atoms with E-state index >= 15 is 0 Å². The van der Waals surface area contributed by atoms with Crippen LogP contribution in [0.25, 0.3) is 0 Å². The lowest BCUT2D eigenvalue weighted by Gasteiger charge is -2.16. The van der Waals surface area contributed by atoms with Crippen LogP contribution >= 0.6 is 11.6 Å². The van der Waals surface area contributed by atoms with Crippen molar-refractivity contribution in [1.82, 2.24) is 4.98 Å². The SMILES string of the molecule is COc1cc(C(=O)OC(C)C(=O)Nc2ccc(Cl)cn2)ccc1OC(C)C. The third kappa shape index (κ3) is 5.86. The van der Waals surface area contributed by atoms with Crippen molar-refractivity contribution in [2.75, 3.05) is 12.4 Å². The van der Waals surface area contributed by atoms with Crippen molar-refractivity contribution in [3.05, 3.63) is 47.1 Å². The van der Waals surface area contributed by atoms with Gasteiger partial charge < -0.3 is 19.5 Å². The van der Waals surface area contributed by atoms with Gasteiger partial charge in [-0.25, -0.2) is 9.78 Å². The minimum absolute atomic E-state index is 0.0399. The van der Waals surface area contributed by atoms with Gasteiger partial charge in [-0.05, 0) is 51.1 Å². The zero-order valence-corrected chi connectivity index (χ0v) is 16.2. The van der Waals surface area contributed by atoms with E-state index in [0.717, 1.165) is 0 Å². The van der Waals surface area contributed by atoms with Crippen LogP contribution in [-0.4, -0.2) is 36.2 Å². The molecule has 0 fully saturated rings. The molecule has 0 spiro atoms. The van der Waals surface area contributed by atoms with E-state index in [0.29, 0.717) is 22.3 Å². The molecule has 2 aromatic rings. The number of pyridine rings is 1. The summed E-state index contributed by atoms with van der Waals surface area (Å²) in [5.41, 5.74) is 0.243. The fourth-order valence-corrected chi connectivity index (χ4v) is 2.22. The number of carbonyl (C=O) groups excluding carboxylic acids is 2. The van der Waals surface area contributed by atoms with Gasteiger partial charge in [0, 0.05) is 6.20 Å². The molecule has 27 heavy (non-hydrogen) atoms. The number of benzene rings is 1. The van der Waals surface area contributed by atoms with Crippen LogP contribution in [0.2, 0.25) is 5.02 Å². The Labute approximate surface area is 162 Å². The molecule has 1 N–H and O–H groups in total. The molecule has 1 aromatic carbocycles. The summed E-state index contributed by atoms with van der Waals surface area (Å²) in [6, 6.07) is 7.82. The lowest BCUT2D eigenvalue weighted by atomic mass is 10.2. The van der Waals surface area contributed by atoms with Gasteiger partial charge in [-0.3, -0.25) is 4.79 Å². The Morgan fingerprint density at radius 3 is 2.44 bits per heavy atom. The van der Waals surface area contributed by atoms with Gasteiger partial charge in [-0.1, -0.05) is 11.6 Å². The average molecular weight is 393 g/mol. The van der Waals surface area contributed by atoms with Crippen LogP contribution < -0.4 is 14.8 Å². The Balaban J connectivity index is 2.02. The number of ether oxygens (including phenoxy) is 3. The van der Waals surface area contributed by atoms with Crippen LogP contribution in [0, 0.1) is 0 Å². The van der Waals surface area contributed by atoms with Gasteiger partial charge in [0.1, 0.15) is 5.82 Å². The first kappa shape index (κ1) is 20.5. The van der Waals surface area contributed by atoms with E-state index in [1.165, 1.54) is 26.3 Å². The van der Waals surface area contributed by atoms with Crippen LogP contribution in [0.3, 0.4) is 0 Å². The molecule has 7 nitrogen and oxygen atoms in total. The predicted octanol–water partition coefficient (Wildman–Crippen LogP) is 3.71. The summed E-state index contributed by atoms with van der Waals surface area (Å²) < 4.78 is 16.1. The standard InChI is InChI=1S/C19H21ClN2O5/c1-11(2)26-15-7-5-13(9-16(15)25-4)19(24)27-12(3)18(23)22-17-8-6-14(20)10-21-17/h5-12H,1-4H3,(H,21,22,23). The van der Waals surface area contributed by atoms with E-state index in [1.54, 1.807) is 24.3 Å². The zero-order chi connectivity index (χ0) is 20.0. The monoisotopic (exact) mass is 392 g/mol. The van der Waals surface area contributed by atoms with Gasteiger partial charge in [-0.15, -0.1) is 0 Å². The van der Waals surface area contributed by atoms with E-state index < -0.39 is 18.0 Å². The number of hydrogen-bond donors (Lipinski definition) is 1. The van der Waals surface area contributed by atoms with Crippen LogP contribution in [0.4, 0.5) is 5.82 Å². The molecule has 144 valence electrons. The molecule has 2 rings (SSSR count). The van der Waals surface area contributed by atoms with Gasteiger partial charge in [0.25, 0.3) is 5.91 Å². The molecule has 1 atom stereocenters. The highest BCUT2D eigenvalue weighted by molar-refractivity contribution is 6.30. The van der Waals surface area contributed by atoms with Crippen LogP contribution in [0.1, 0.15) is 31.1 Å². The van der Waals surface area contributed by atoms with Crippen LogP contribution in [0.5, 0.6) is 11.5 Å². The van der Waals surface area contributed by atoms with Gasteiger partial charge >= 0.3 is 5.97 Å². The largest absolute Gasteiger partial charge is 0.493 e. The van der Waals surface area contributed by atoms with E-state index in [2.05, 4.69) is 10.3 Å². The summed E-state index contributed by atoms with van der Waals surface area (Å²) in [6.45, 7) is 5.24. The predicted molar refractivity (Wildman–Crippen MR) is 102 cm³/mol. The highest BCUT2D eigenvalue weighted by Crippen LogP contribution is 2.29. The summed E-state index contributed by atoms with van der Waals surface area (Å²) in [5, 5.41) is 3.00. The van der Waals surface area contributed by atoms with Crippen molar-refractivity contribution in [2.45, 2.75) is 33.0 Å². The third-order valence-corrected chi connectivity index (χ3v) is 3.62. The Hall–Kier alpha value is -2.80. The van der Waals surface area contributed by atoms with E-state index in [4.69, 9.17) is 25.8 Å². The number of nitrogens with one attached hydrogen (secondary N) is 1. The maximum absolute atomic E-state index is 12.3. The molecule has 1 unspecified atom stereocenters. The molecule has 0 aliphatic rings. The van der Waals surface area contributed by atoms with Gasteiger partial charge in [0.2, 0.25) is 0 Å². The molecule has 0 saturated carbocycles. The second-order valence-electron chi connectivity index (χ2n) is 5.93. The van der Waals surface area contributed by atoms with Gasteiger partial charge in [0.15, 0.2) is 17.6 Å². The molecule has 0 aliphatic heterocycles.